The number of hydrazine groups is 2. The van der Waals surface area contributed by atoms with Crippen LogP contribution >= 0.6 is 0 Å². The van der Waals surface area contributed by atoms with Crippen LogP contribution in [0.15, 0.2) is 30.3 Å². The number of hydrogen-bond donors (Lipinski definition) is 5. The van der Waals surface area contributed by atoms with Crippen molar-refractivity contribution >= 4 is 17.9 Å². The largest absolute Gasteiger partial charge is 0.445 e. The highest BCUT2D eigenvalue weighted by molar-refractivity contribution is 5.86. The van der Waals surface area contributed by atoms with Gasteiger partial charge in [0.15, 0.2) is 0 Å². The number of hydrogen-bond acceptors (Lipinski definition) is 6. The van der Waals surface area contributed by atoms with Crippen LogP contribution in [0.4, 0.5) is 4.79 Å². The first-order valence-electron chi connectivity index (χ1n) is 6.54. The minimum absolute atomic E-state index is 0.0342. The van der Waals surface area contributed by atoms with Crippen molar-refractivity contribution in [3.8, 4) is 0 Å². The van der Waals surface area contributed by atoms with E-state index in [-0.39, 0.29) is 19.4 Å². The molecule has 9 heteroatoms. The molecule has 3 amide bonds. The summed E-state index contributed by atoms with van der Waals surface area (Å²) in [6.45, 7) is 0.0624. The Kier molecular flexibility index (Phi) is 7.37. The topological polar surface area (TPSA) is 149 Å². The molecular weight excluding hydrogens is 290 g/mol. The summed E-state index contributed by atoms with van der Waals surface area (Å²) < 4.78 is 4.99. The van der Waals surface area contributed by atoms with E-state index >= 15 is 0 Å². The molecule has 0 aliphatic heterocycles. The molecule has 0 aliphatic rings. The van der Waals surface area contributed by atoms with Crippen LogP contribution < -0.4 is 27.9 Å². The lowest BCUT2D eigenvalue weighted by Gasteiger charge is -2.16. The fourth-order valence-corrected chi connectivity index (χ4v) is 1.62. The van der Waals surface area contributed by atoms with Gasteiger partial charge in [-0.05, 0) is 12.0 Å². The predicted molar refractivity (Wildman–Crippen MR) is 77.4 cm³/mol. The van der Waals surface area contributed by atoms with Gasteiger partial charge in [-0.3, -0.25) is 20.4 Å². The Balaban J connectivity index is 2.48. The summed E-state index contributed by atoms with van der Waals surface area (Å²) in [7, 11) is 0. The first kappa shape index (κ1) is 17.4. The van der Waals surface area contributed by atoms with Crippen LogP contribution in [-0.4, -0.2) is 23.9 Å². The number of carbonyl (C=O) groups excluding carboxylic acids is 3. The second-order valence-electron chi connectivity index (χ2n) is 4.37. The Morgan fingerprint density at radius 1 is 1.09 bits per heavy atom. The molecule has 0 heterocycles. The molecule has 0 unspecified atom stereocenters. The van der Waals surface area contributed by atoms with Crippen molar-refractivity contribution in [2.24, 2.45) is 11.7 Å². The maximum absolute atomic E-state index is 11.7. The van der Waals surface area contributed by atoms with E-state index in [1.54, 1.807) is 12.1 Å². The maximum atomic E-state index is 11.7. The number of benzene rings is 1. The van der Waals surface area contributed by atoms with Crippen LogP contribution in [0.5, 0.6) is 0 Å². The minimum Gasteiger partial charge on any atom is -0.445 e. The monoisotopic (exact) mass is 309 g/mol. The van der Waals surface area contributed by atoms with Crippen LogP contribution in [0, 0.1) is 0 Å². The third-order valence-electron chi connectivity index (χ3n) is 2.78. The molecule has 1 rings (SSSR count). The highest BCUT2D eigenvalue weighted by Crippen LogP contribution is 2.02. The fraction of sp³-hybridized carbons (Fsp3) is 0.308. The Morgan fingerprint density at radius 2 is 1.77 bits per heavy atom. The van der Waals surface area contributed by atoms with E-state index in [1.165, 1.54) is 0 Å². The van der Waals surface area contributed by atoms with Crippen molar-refractivity contribution in [3.05, 3.63) is 35.9 Å². The normalized spacial score (nSPS) is 11.2. The third kappa shape index (κ3) is 6.20. The fourth-order valence-electron chi connectivity index (χ4n) is 1.62. The summed E-state index contributed by atoms with van der Waals surface area (Å²) in [5.41, 5.74) is 4.65. The summed E-state index contributed by atoms with van der Waals surface area (Å²) in [4.78, 5) is 34.3. The van der Waals surface area contributed by atoms with Crippen molar-refractivity contribution in [1.82, 2.24) is 16.2 Å². The Labute approximate surface area is 127 Å². The van der Waals surface area contributed by atoms with Crippen molar-refractivity contribution in [2.45, 2.75) is 25.5 Å². The van der Waals surface area contributed by atoms with Gasteiger partial charge in [0, 0.05) is 6.42 Å². The number of nitrogens with one attached hydrogen (secondary N) is 3. The lowest BCUT2D eigenvalue weighted by Crippen LogP contribution is -2.49. The first-order chi connectivity index (χ1) is 10.6. The average molecular weight is 309 g/mol. The number of alkyl carbamates (subject to hydrolysis) is 1. The Morgan fingerprint density at radius 3 is 2.36 bits per heavy atom. The molecule has 1 aromatic rings. The molecule has 1 atom stereocenters. The molecule has 7 N–H and O–H groups in total. The average Bonchev–Trinajstić information content (AvgIpc) is 2.56. The molecule has 0 saturated carbocycles. The number of rotatable bonds is 7. The van der Waals surface area contributed by atoms with Gasteiger partial charge >= 0.3 is 6.09 Å². The Hall–Kier alpha value is -2.65. The molecule has 0 aliphatic carbocycles. The molecule has 22 heavy (non-hydrogen) atoms. The third-order valence-corrected chi connectivity index (χ3v) is 2.78. The van der Waals surface area contributed by atoms with Crippen molar-refractivity contribution in [1.29, 1.82) is 0 Å². The van der Waals surface area contributed by atoms with Crippen LogP contribution in [0.25, 0.3) is 0 Å². The second kappa shape index (κ2) is 9.32. The highest BCUT2D eigenvalue weighted by atomic mass is 16.5. The van der Waals surface area contributed by atoms with Gasteiger partial charge in [-0.2, -0.15) is 0 Å². The van der Waals surface area contributed by atoms with Crippen LogP contribution in [0.1, 0.15) is 18.4 Å². The van der Waals surface area contributed by atoms with E-state index in [4.69, 9.17) is 16.4 Å². The summed E-state index contributed by atoms with van der Waals surface area (Å²) in [5.74, 6) is 8.88. The summed E-state index contributed by atoms with van der Waals surface area (Å²) in [6.07, 6.45) is -0.800. The van der Waals surface area contributed by atoms with E-state index in [9.17, 15) is 14.4 Å². The molecule has 1 aromatic carbocycles. The van der Waals surface area contributed by atoms with Crippen molar-refractivity contribution < 1.29 is 19.1 Å². The predicted octanol–water partition coefficient (Wildman–Crippen LogP) is -0.959. The van der Waals surface area contributed by atoms with Gasteiger partial charge in [-0.25, -0.2) is 16.5 Å². The zero-order chi connectivity index (χ0) is 16.4. The maximum Gasteiger partial charge on any atom is 0.408 e. The number of carbonyl (C=O) groups is 3. The summed E-state index contributed by atoms with van der Waals surface area (Å²) in [6, 6.07) is 8.06. The van der Waals surface area contributed by atoms with Gasteiger partial charge in [0.1, 0.15) is 12.6 Å². The van der Waals surface area contributed by atoms with Crippen LogP contribution in [0.3, 0.4) is 0 Å². The van der Waals surface area contributed by atoms with Gasteiger partial charge in [0.2, 0.25) is 5.91 Å². The van der Waals surface area contributed by atoms with E-state index in [1.807, 2.05) is 29.1 Å². The summed E-state index contributed by atoms with van der Waals surface area (Å²) >= 11 is 0. The van der Waals surface area contributed by atoms with E-state index in [0.717, 1.165) is 5.56 Å². The molecule has 120 valence electrons. The molecule has 9 nitrogen and oxygen atoms in total. The number of nitrogens with two attached hydrogens (primary N) is 2. The van der Waals surface area contributed by atoms with E-state index in [0.29, 0.717) is 0 Å². The molecule has 0 saturated heterocycles. The van der Waals surface area contributed by atoms with E-state index in [2.05, 4.69) is 5.32 Å². The van der Waals surface area contributed by atoms with Crippen LogP contribution in [0.2, 0.25) is 0 Å². The highest BCUT2D eigenvalue weighted by Gasteiger charge is 2.21. The van der Waals surface area contributed by atoms with Crippen molar-refractivity contribution in [3.63, 3.8) is 0 Å². The van der Waals surface area contributed by atoms with Gasteiger partial charge < -0.3 is 10.1 Å². The first-order valence-corrected chi connectivity index (χ1v) is 6.54. The standard InChI is InChI=1S/C13H19N5O4/c14-17-11(19)7-6-10(12(20)18-15)16-13(21)22-8-9-4-2-1-3-5-9/h1-5,10H,6-8,14-15H2,(H,16,21)(H,17,19)(H,18,20)/t10-/m0/s1. The minimum atomic E-state index is -0.995. The van der Waals surface area contributed by atoms with Gasteiger partial charge in [0.05, 0.1) is 0 Å². The summed E-state index contributed by atoms with van der Waals surface area (Å²) in [5, 5.41) is 2.34. The SMILES string of the molecule is NNC(=O)CC[C@H](NC(=O)OCc1ccccc1)C(=O)NN. The molecule has 0 bridgehead atoms. The zero-order valence-corrected chi connectivity index (χ0v) is 11.9. The van der Waals surface area contributed by atoms with Gasteiger partial charge in [0.25, 0.3) is 5.91 Å². The lowest BCUT2D eigenvalue weighted by molar-refractivity contribution is -0.124. The number of amides is 3. The second-order valence-corrected chi connectivity index (χ2v) is 4.37. The quantitative estimate of drug-likeness (QED) is 0.249. The zero-order valence-electron chi connectivity index (χ0n) is 11.9. The van der Waals surface area contributed by atoms with Crippen LogP contribution in [-0.2, 0) is 20.9 Å². The van der Waals surface area contributed by atoms with Gasteiger partial charge in [-0.1, -0.05) is 30.3 Å². The molecular formula is C13H19N5O4. The Bertz CT molecular complexity index is 508. The lowest BCUT2D eigenvalue weighted by atomic mass is 10.1. The molecule has 0 aromatic heterocycles. The van der Waals surface area contributed by atoms with Crippen molar-refractivity contribution in [2.75, 3.05) is 0 Å². The smallest absolute Gasteiger partial charge is 0.408 e. The molecule has 0 fully saturated rings. The molecule has 0 radical (unpaired) electrons. The van der Waals surface area contributed by atoms with E-state index < -0.39 is 23.9 Å². The van der Waals surface area contributed by atoms with Gasteiger partial charge in [-0.15, -0.1) is 0 Å². The number of ether oxygens (including phenoxy) is 1. The molecule has 0 spiro atoms.